The van der Waals surface area contributed by atoms with E-state index in [4.69, 9.17) is 10.5 Å². The van der Waals surface area contributed by atoms with Crippen LogP contribution < -0.4 is 15.8 Å². The van der Waals surface area contributed by atoms with Crippen molar-refractivity contribution >= 4 is 5.91 Å². The predicted molar refractivity (Wildman–Crippen MR) is 93.6 cm³/mol. The molecule has 1 amide bonds. The number of hydrogen-bond acceptors (Lipinski definition) is 4. The van der Waals surface area contributed by atoms with Crippen molar-refractivity contribution in [3.63, 3.8) is 0 Å². The Morgan fingerprint density at radius 1 is 1.12 bits per heavy atom. The van der Waals surface area contributed by atoms with Crippen molar-refractivity contribution in [2.75, 3.05) is 6.61 Å². The fraction of sp³-hybridized carbons (Fsp3) is 0.316. The summed E-state index contributed by atoms with van der Waals surface area (Å²) in [6.45, 7) is 2.60. The SMILES string of the molecule is CC(O)C(NCc1ccc(OCCc2ccccc2)cc1)C(N)=O. The minimum absolute atomic E-state index is 0.447. The van der Waals surface area contributed by atoms with Crippen LogP contribution in [-0.2, 0) is 17.8 Å². The van der Waals surface area contributed by atoms with Crippen LogP contribution in [0.1, 0.15) is 18.1 Å². The van der Waals surface area contributed by atoms with Gasteiger partial charge in [-0.25, -0.2) is 0 Å². The van der Waals surface area contributed by atoms with Gasteiger partial charge in [-0.3, -0.25) is 10.1 Å². The highest BCUT2D eigenvalue weighted by atomic mass is 16.5. The summed E-state index contributed by atoms with van der Waals surface area (Å²) in [4.78, 5) is 11.2. The number of carbonyl (C=O) groups excluding carboxylic acids is 1. The van der Waals surface area contributed by atoms with Crippen LogP contribution in [0, 0.1) is 0 Å². The van der Waals surface area contributed by atoms with Crippen LogP contribution in [-0.4, -0.2) is 29.8 Å². The Labute approximate surface area is 142 Å². The van der Waals surface area contributed by atoms with E-state index in [1.54, 1.807) is 0 Å². The number of amides is 1. The molecule has 0 aromatic heterocycles. The number of nitrogens with two attached hydrogens (primary N) is 1. The number of nitrogens with one attached hydrogen (secondary N) is 1. The van der Waals surface area contributed by atoms with Gasteiger partial charge in [-0.1, -0.05) is 42.5 Å². The van der Waals surface area contributed by atoms with Gasteiger partial charge < -0.3 is 15.6 Å². The molecule has 0 spiro atoms. The van der Waals surface area contributed by atoms with Gasteiger partial charge >= 0.3 is 0 Å². The first-order valence-corrected chi connectivity index (χ1v) is 8.02. The lowest BCUT2D eigenvalue weighted by atomic mass is 10.1. The minimum atomic E-state index is -0.830. The number of carbonyl (C=O) groups is 1. The van der Waals surface area contributed by atoms with Gasteiger partial charge in [-0.2, -0.15) is 0 Å². The van der Waals surface area contributed by atoms with Gasteiger partial charge in [0.05, 0.1) is 12.7 Å². The molecule has 0 radical (unpaired) electrons. The highest BCUT2D eigenvalue weighted by molar-refractivity contribution is 5.80. The molecule has 2 unspecified atom stereocenters. The first-order chi connectivity index (χ1) is 11.6. The molecule has 4 N–H and O–H groups in total. The monoisotopic (exact) mass is 328 g/mol. The van der Waals surface area contributed by atoms with Crippen molar-refractivity contribution in [3.8, 4) is 5.75 Å². The van der Waals surface area contributed by atoms with Gasteiger partial charge in [-0.05, 0) is 30.2 Å². The first-order valence-electron chi connectivity index (χ1n) is 8.02. The Kier molecular flexibility index (Phi) is 6.78. The molecule has 5 heteroatoms. The fourth-order valence-electron chi connectivity index (χ4n) is 2.37. The molecule has 128 valence electrons. The van der Waals surface area contributed by atoms with Crippen LogP contribution in [0.4, 0.5) is 0 Å². The van der Waals surface area contributed by atoms with Crippen molar-refractivity contribution < 1.29 is 14.6 Å². The molecule has 0 bridgehead atoms. The summed E-state index contributed by atoms with van der Waals surface area (Å²) in [6.07, 6.45) is 0.0295. The van der Waals surface area contributed by atoms with Crippen LogP contribution in [0.5, 0.6) is 5.75 Å². The third-order valence-electron chi connectivity index (χ3n) is 3.74. The van der Waals surface area contributed by atoms with Crippen LogP contribution in [0.2, 0.25) is 0 Å². The quantitative estimate of drug-likeness (QED) is 0.653. The lowest BCUT2D eigenvalue weighted by molar-refractivity contribution is -0.122. The molecular weight excluding hydrogens is 304 g/mol. The van der Waals surface area contributed by atoms with Crippen molar-refractivity contribution in [2.45, 2.75) is 32.0 Å². The molecule has 0 fully saturated rings. The minimum Gasteiger partial charge on any atom is -0.493 e. The number of aliphatic hydroxyl groups is 1. The van der Waals surface area contributed by atoms with Gasteiger partial charge in [-0.15, -0.1) is 0 Å². The van der Waals surface area contributed by atoms with E-state index in [0.29, 0.717) is 13.2 Å². The second-order valence-electron chi connectivity index (χ2n) is 5.73. The fourth-order valence-corrected chi connectivity index (χ4v) is 2.37. The van der Waals surface area contributed by atoms with Crippen molar-refractivity contribution in [1.29, 1.82) is 0 Å². The summed E-state index contributed by atoms with van der Waals surface area (Å²) in [7, 11) is 0. The van der Waals surface area contributed by atoms with E-state index in [1.807, 2.05) is 42.5 Å². The zero-order chi connectivity index (χ0) is 17.4. The molecule has 0 aliphatic carbocycles. The maximum Gasteiger partial charge on any atom is 0.237 e. The number of aliphatic hydroxyl groups excluding tert-OH is 1. The molecule has 2 aromatic rings. The summed E-state index contributed by atoms with van der Waals surface area (Å²) >= 11 is 0. The Bertz CT molecular complexity index is 627. The average molecular weight is 328 g/mol. The molecule has 5 nitrogen and oxygen atoms in total. The van der Waals surface area contributed by atoms with Crippen LogP contribution in [0.3, 0.4) is 0 Å². The van der Waals surface area contributed by atoms with E-state index in [9.17, 15) is 9.90 Å². The van der Waals surface area contributed by atoms with Crippen molar-refractivity contribution in [3.05, 3.63) is 65.7 Å². The largest absolute Gasteiger partial charge is 0.493 e. The summed E-state index contributed by atoms with van der Waals surface area (Å²) in [5.41, 5.74) is 7.48. The van der Waals surface area contributed by atoms with E-state index in [2.05, 4.69) is 17.4 Å². The molecule has 0 saturated heterocycles. The van der Waals surface area contributed by atoms with Gasteiger partial charge in [0, 0.05) is 13.0 Å². The molecule has 2 aromatic carbocycles. The van der Waals surface area contributed by atoms with Crippen LogP contribution >= 0.6 is 0 Å². The molecule has 0 aliphatic rings. The zero-order valence-corrected chi connectivity index (χ0v) is 13.8. The van der Waals surface area contributed by atoms with E-state index in [0.717, 1.165) is 17.7 Å². The number of ether oxygens (including phenoxy) is 1. The van der Waals surface area contributed by atoms with E-state index >= 15 is 0 Å². The number of hydrogen-bond donors (Lipinski definition) is 3. The number of benzene rings is 2. The average Bonchev–Trinajstić information content (AvgIpc) is 2.57. The first kappa shape index (κ1) is 18.0. The number of rotatable bonds is 9. The maximum atomic E-state index is 11.2. The smallest absolute Gasteiger partial charge is 0.237 e. The Morgan fingerprint density at radius 2 is 1.79 bits per heavy atom. The van der Waals surface area contributed by atoms with Crippen molar-refractivity contribution in [1.82, 2.24) is 5.32 Å². The zero-order valence-electron chi connectivity index (χ0n) is 13.8. The Balaban J connectivity index is 1.79. The third kappa shape index (κ3) is 5.68. The van der Waals surface area contributed by atoms with Gasteiger partial charge in [0.25, 0.3) is 0 Å². The second-order valence-corrected chi connectivity index (χ2v) is 5.73. The van der Waals surface area contributed by atoms with E-state index in [-0.39, 0.29) is 0 Å². The highest BCUT2D eigenvalue weighted by Gasteiger charge is 2.19. The van der Waals surface area contributed by atoms with Crippen molar-refractivity contribution in [2.24, 2.45) is 5.73 Å². The lowest BCUT2D eigenvalue weighted by Gasteiger charge is -2.18. The third-order valence-corrected chi connectivity index (χ3v) is 3.74. The predicted octanol–water partition coefficient (Wildman–Crippen LogP) is 1.63. The van der Waals surface area contributed by atoms with E-state index < -0.39 is 18.1 Å². The summed E-state index contributed by atoms with van der Waals surface area (Å²) < 4.78 is 5.73. The summed E-state index contributed by atoms with van der Waals surface area (Å²) in [5.74, 6) is 0.238. The van der Waals surface area contributed by atoms with Crippen LogP contribution in [0.15, 0.2) is 54.6 Å². The molecular formula is C19H24N2O3. The maximum absolute atomic E-state index is 11.2. The summed E-state index contributed by atoms with van der Waals surface area (Å²) in [5, 5.41) is 12.5. The molecule has 0 saturated carbocycles. The van der Waals surface area contributed by atoms with Crippen LogP contribution in [0.25, 0.3) is 0 Å². The van der Waals surface area contributed by atoms with Gasteiger partial charge in [0.2, 0.25) is 5.91 Å². The highest BCUT2D eigenvalue weighted by Crippen LogP contribution is 2.13. The molecule has 2 rings (SSSR count). The summed E-state index contributed by atoms with van der Waals surface area (Å²) in [6, 6.07) is 17.1. The topological polar surface area (TPSA) is 84.6 Å². The van der Waals surface area contributed by atoms with E-state index in [1.165, 1.54) is 12.5 Å². The normalized spacial score (nSPS) is 13.2. The second kappa shape index (κ2) is 9.05. The van der Waals surface area contributed by atoms with Gasteiger partial charge in [0.15, 0.2) is 0 Å². The lowest BCUT2D eigenvalue weighted by Crippen LogP contribution is -2.47. The molecule has 24 heavy (non-hydrogen) atoms. The molecule has 0 heterocycles. The Morgan fingerprint density at radius 3 is 2.38 bits per heavy atom. The Hall–Kier alpha value is -2.37. The standard InChI is InChI=1S/C19H24N2O3/c1-14(22)18(19(20)23)21-13-16-7-9-17(10-8-16)24-12-11-15-5-3-2-4-6-15/h2-10,14,18,21-22H,11-13H2,1H3,(H2,20,23). The van der Waals surface area contributed by atoms with Gasteiger partial charge in [0.1, 0.15) is 11.8 Å². The molecule has 0 aliphatic heterocycles. The number of primary amides is 1. The molecule has 2 atom stereocenters.